The monoisotopic (exact) mass is 396 g/mol. The molecule has 2 atom stereocenters. The van der Waals surface area contributed by atoms with Crippen molar-refractivity contribution in [1.82, 2.24) is 5.01 Å². The molecule has 0 radical (unpaired) electrons. The summed E-state index contributed by atoms with van der Waals surface area (Å²) in [6.45, 7) is 1.87. The third-order valence-corrected chi connectivity index (χ3v) is 5.25. The van der Waals surface area contributed by atoms with E-state index in [1.54, 1.807) is 12.1 Å². The Morgan fingerprint density at radius 2 is 1.97 bits per heavy atom. The maximum Gasteiger partial charge on any atom is 0.214 e. The van der Waals surface area contributed by atoms with Gasteiger partial charge in [-0.2, -0.15) is 5.10 Å². The Bertz CT molecular complexity index is 1120. The number of hydrogen-bond donors (Lipinski definition) is 0. The van der Waals surface area contributed by atoms with E-state index in [1.165, 1.54) is 6.07 Å². The van der Waals surface area contributed by atoms with Crippen LogP contribution in [0.5, 0.6) is 11.5 Å². The molecule has 5 nitrogen and oxygen atoms in total. The summed E-state index contributed by atoms with van der Waals surface area (Å²) in [6.07, 6.45) is -0.135. The molecule has 0 amide bonds. The van der Waals surface area contributed by atoms with E-state index < -0.39 is 17.9 Å². The number of ether oxygens (including phenoxy) is 2. The van der Waals surface area contributed by atoms with Gasteiger partial charge in [0, 0.05) is 17.5 Å². The zero-order valence-corrected chi connectivity index (χ0v) is 15.9. The average molecular weight is 396 g/mol. The van der Waals surface area contributed by atoms with E-state index in [-0.39, 0.29) is 6.04 Å². The fraction of sp³-hybridized carbons (Fsp3) is 0.227. The molecule has 2 aliphatic rings. The number of aryl methyl sites for hydroxylation is 1. The van der Waals surface area contributed by atoms with Crippen molar-refractivity contribution in [1.29, 1.82) is 0 Å². The van der Waals surface area contributed by atoms with Crippen LogP contribution in [0.1, 0.15) is 41.3 Å². The maximum absolute atomic E-state index is 13.9. The second kappa shape index (κ2) is 6.62. The number of nitrogens with zero attached hydrogens (tertiary/aromatic N) is 2. The SMILES string of the molecule is COc1cccc2c1O[C@H](c1ccc(F)c(F)c1)N1N=C(c3ccc(C)o3)C[C@H]21. The van der Waals surface area contributed by atoms with Gasteiger partial charge in [-0.1, -0.05) is 18.2 Å². The number of methoxy groups -OCH3 is 1. The molecule has 3 aromatic rings. The molecule has 2 aromatic carbocycles. The molecule has 0 aliphatic carbocycles. The zero-order valence-electron chi connectivity index (χ0n) is 15.9. The van der Waals surface area contributed by atoms with Crippen LogP contribution in [0.4, 0.5) is 8.78 Å². The smallest absolute Gasteiger partial charge is 0.214 e. The van der Waals surface area contributed by atoms with Gasteiger partial charge < -0.3 is 13.9 Å². The first-order valence-corrected chi connectivity index (χ1v) is 9.26. The van der Waals surface area contributed by atoms with Crippen molar-refractivity contribution in [3.8, 4) is 11.5 Å². The van der Waals surface area contributed by atoms with E-state index in [1.807, 2.05) is 37.3 Å². The van der Waals surface area contributed by atoms with Crippen LogP contribution in [0.2, 0.25) is 0 Å². The molecular formula is C22H18F2N2O3. The highest BCUT2D eigenvalue weighted by Crippen LogP contribution is 2.50. The molecule has 0 bridgehead atoms. The quantitative estimate of drug-likeness (QED) is 0.617. The number of furan rings is 1. The third kappa shape index (κ3) is 2.85. The van der Waals surface area contributed by atoms with Crippen LogP contribution in [0.15, 0.2) is 58.0 Å². The van der Waals surface area contributed by atoms with Crippen LogP contribution in [0.3, 0.4) is 0 Å². The van der Waals surface area contributed by atoms with Gasteiger partial charge in [0.25, 0.3) is 0 Å². The van der Waals surface area contributed by atoms with Gasteiger partial charge in [-0.05, 0) is 37.3 Å². The van der Waals surface area contributed by atoms with Gasteiger partial charge >= 0.3 is 0 Å². The summed E-state index contributed by atoms with van der Waals surface area (Å²) in [5, 5.41) is 6.51. The van der Waals surface area contributed by atoms with E-state index in [0.717, 1.165) is 29.2 Å². The number of halogens is 2. The van der Waals surface area contributed by atoms with E-state index in [0.29, 0.717) is 29.2 Å². The summed E-state index contributed by atoms with van der Waals surface area (Å²) in [5.41, 5.74) is 2.16. The van der Waals surface area contributed by atoms with Crippen molar-refractivity contribution in [2.75, 3.05) is 7.11 Å². The molecule has 5 rings (SSSR count). The fourth-order valence-corrected chi connectivity index (χ4v) is 3.87. The maximum atomic E-state index is 13.9. The van der Waals surface area contributed by atoms with E-state index >= 15 is 0 Å². The van der Waals surface area contributed by atoms with Crippen molar-refractivity contribution in [2.24, 2.45) is 5.10 Å². The number of hydrogen-bond acceptors (Lipinski definition) is 5. The van der Waals surface area contributed by atoms with Crippen LogP contribution in [0, 0.1) is 18.6 Å². The zero-order chi connectivity index (χ0) is 20.1. The molecule has 0 fully saturated rings. The predicted octanol–water partition coefficient (Wildman–Crippen LogP) is 5.12. The molecule has 0 saturated carbocycles. The molecule has 148 valence electrons. The molecule has 7 heteroatoms. The summed E-state index contributed by atoms with van der Waals surface area (Å²) < 4.78 is 44.9. The summed E-state index contributed by atoms with van der Waals surface area (Å²) in [6, 6.07) is 13.0. The van der Waals surface area contributed by atoms with Gasteiger partial charge in [-0.15, -0.1) is 0 Å². The van der Waals surface area contributed by atoms with Gasteiger partial charge in [0.05, 0.1) is 13.2 Å². The minimum Gasteiger partial charge on any atom is -0.493 e. The van der Waals surface area contributed by atoms with Crippen LogP contribution >= 0.6 is 0 Å². The second-order valence-electron chi connectivity index (χ2n) is 7.08. The van der Waals surface area contributed by atoms with Gasteiger partial charge in [0.2, 0.25) is 6.23 Å². The summed E-state index contributed by atoms with van der Waals surface area (Å²) in [4.78, 5) is 0. The lowest BCUT2D eigenvalue weighted by Crippen LogP contribution is -2.34. The number of para-hydroxylation sites is 1. The molecule has 0 spiro atoms. The van der Waals surface area contributed by atoms with Crippen molar-refractivity contribution in [3.05, 3.63) is 82.8 Å². The fourth-order valence-electron chi connectivity index (χ4n) is 3.87. The Kier molecular flexibility index (Phi) is 4.04. The Labute approximate surface area is 166 Å². The van der Waals surface area contributed by atoms with Crippen LogP contribution < -0.4 is 9.47 Å². The topological polar surface area (TPSA) is 47.2 Å². The third-order valence-electron chi connectivity index (χ3n) is 5.25. The van der Waals surface area contributed by atoms with Gasteiger partial charge in [0.15, 0.2) is 23.1 Å². The first-order valence-electron chi connectivity index (χ1n) is 9.26. The minimum atomic E-state index is -0.932. The molecule has 2 aliphatic heterocycles. The lowest BCUT2D eigenvalue weighted by atomic mass is 9.97. The number of benzene rings is 2. The number of rotatable bonds is 3. The molecule has 29 heavy (non-hydrogen) atoms. The van der Waals surface area contributed by atoms with Crippen molar-refractivity contribution < 1.29 is 22.7 Å². The van der Waals surface area contributed by atoms with Crippen molar-refractivity contribution in [3.63, 3.8) is 0 Å². The first-order chi connectivity index (χ1) is 14.0. The lowest BCUT2D eigenvalue weighted by Gasteiger charge is -2.38. The highest BCUT2D eigenvalue weighted by Gasteiger charge is 2.42. The Morgan fingerprint density at radius 3 is 2.69 bits per heavy atom. The van der Waals surface area contributed by atoms with E-state index in [9.17, 15) is 8.78 Å². The van der Waals surface area contributed by atoms with Crippen LogP contribution in [0.25, 0.3) is 0 Å². The van der Waals surface area contributed by atoms with Crippen LogP contribution in [-0.2, 0) is 0 Å². The molecule has 3 heterocycles. The summed E-state index contributed by atoms with van der Waals surface area (Å²) in [5.74, 6) is 0.804. The molecule has 0 unspecified atom stereocenters. The van der Waals surface area contributed by atoms with E-state index in [4.69, 9.17) is 19.0 Å². The Hall–Kier alpha value is -3.35. The largest absolute Gasteiger partial charge is 0.493 e. The van der Waals surface area contributed by atoms with Gasteiger partial charge in [0.1, 0.15) is 17.2 Å². The van der Waals surface area contributed by atoms with Gasteiger partial charge in [-0.3, -0.25) is 0 Å². The number of hydrazone groups is 1. The second-order valence-corrected chi connectivity index (χ2v) is 7.08. The van der Waals surface area contributed by atoms with Gasteiger partial charge in [-0.25, -0.2) is 13.8 Å². The Balaban J connectivity index is 1.63. The molecule has 0 N–H and O–H groups in total. The average Bonchev–Trinajstić information content (AvgIpc) is 3.35. The van der Waals surface area contributed by atoms with E-state index in [2.05, 4.69) is 0 Å². The summed E-state index contributed by atoms with van der Waals surface area (Å²) >= 11 is 0. The molecule has 1 aromatic heterocycles. The highest BCUT2D eigenvalue weighted by molar-refractivity contribution is 5.99. The first kappa shape index (κ1) is 17.7. The number of fused-ring (bicyclic) bond motifs is 3. The Morgan fingerprint density at radius 1 is 1.10 bits per heavy atom. The summed E-state index contributed by atoms with van der Waals surface area (Å²) in [7, 11) is 1.57. The van der Waals surface area contributed by atoms with Crippen molar-refractivity contribution >= 4 is 5.71 Å². The van der Waals surface area contributed by atoms with Crippen LogP contribution in [-0.4, -0.2) is 17.8 Å². The molecule has 0 saturated heterocycles. The minimum absolute atomic E-state index is 0.146. The normalized spacial score (nSPS) is 20.0. The highest BCUT2D eigenvalue weighted by atomic mass is 19.2. The van der Waals surface area contributed by atoms with Crippen molar-refractivity contribution in [2.45, 2.75) is 25.6 Å². The standard InChI is InChI=1S/C22H18F2N2O3/c1-12-6-9-19(28-12)17-11-18-14-4-3-5-20(27-2)21(14)29-22(26(18)25-17)13-7-8-15(23)16(24)10-13/h3-10,18,22H,11H2,1-2H3/t18-,22-/m1/s1. The predicted molar refractivity (Wildman–Crippen MR) is 102 cm³/mol. The molecular weight excluding hydrogens is 378 g/mol. The lowest BCUT2D eigenvalue weighted by molar-refractivity contribution is -0.0211.